The van der Waals surface area contributed by atoms with Crippen molar-refractivity contribution in [2.75, 3.05) is 0 Å². The SMILES string of the molecule is Cc1ccc(C(C(=O)O)C2CCCCC2)c(C)c1. The van der Waals surface area contributed by atoms with Crippen molar-refractivity contribution in [1.82, 2.24) is 0 Å². The molecule has 0 aromatic heterocycles. The molecular formula is C16H22O2. The Balaban J connectivity index is 2.31. The molecule has 0 amide bonds. The van der Waals surface area contributed by atoms with Crippen molar-refractivity contribution in [2.24, 2.45) is 5.92 Å². The number of benzene rings is 1. The zero-order chi connectivity index (χ0) is 13.1. The van der Waals surface area contributed by atoms with Crippen molar-refractivity contribution in [3.05, 3.63) is 34.9 Å². The van der Waals surface area contributed by atoms with Gasteiger partial charge in [-0.25, -0.2) is 0 Å². The Kier molecular flexibility index (Phi) is 4.05. The van der Waals surface area contributed by atoms with Gasteiger partial charge in [-0.1, -0.05) is 43.0 Å². The molecule has 2 nitrogen and oxygen atoms in total. The number of aliphatic carboxylic acids is 1. The molecule has 1 atom stereocenters. The van der Waals surface area contributed by atoms with E-state index in [0.29, 0.717) is 5.92 Å². The lowest BCUT2D eigenvalue weighted by atomic mass is 9.75. The van der Waals surface area contributed by atoms with Crippen LogP contribution in [0.5, 0.6) is 0 Å². The van der Waals surface area contributed by atoms with Gasteiger partial charge in [0.05, 0.1) is 5.92 Å². The van der Waals surface area contributed by atoms with Crippen molar-refractivity contribution in [2.45, 2.75) is 51.9 Å². The van der Waals surface area contributed by atoms with E-state index in [1.807, 2.05) is 26.0 Å². The second-order valence-corrected chi connectivity index (χ2v) is 5.57. The maximum atomic E-state index is 11.6. The summed E-state index contributed by atoms with van der Waals surface area (Å²) in [7, 11) is 0. The fourth-order valence-corrected chi connectivity index (χ4v) is 3.23. The summed E-state index contributed by atoms with van der Waals surface area (Å²) in [6, 6.07) is 6.13. The first-order valence-electron chi connectivity index (χ1n) is 6.89. The molecule has 1 aliphatic carbocycles. The molecule has 18 heavy (non-hydrogen) atoms. The molecule has 0 spiro atoms. The van der Waals surface area contributed by atoms with Crippen molar-refractivity contribution >= 4 is 5.97 Å². The average molecular weight is 246 g/mol. The Bertz CT molecular complexity index is 431. The van der Waals surface area contributed by atoms with Crippen molar-refractivity contribution < 1.29 is 9.90 Å². The standard InChI is InChI=1S/C16H22O2/c1-11-8-9-14(12(2)10-11)15(16(17)18)13-6-4-3-5-7-13/h8-10,13,15H,3-7H2,1-2H3,(H,17,18). The summed E-state index contributed by atoms with van der Waals surface area (Å²) < 4.78 is 0. The molecule has 0 saturated heterocycles. The van der Waals surface area contributed by atoms with Crippen LogP contribution in [0.15, 0.2) is 18.2 Å². The van der Waals surface area contributed by atoms with Crippen LogP contribution in [0.25, 0.3) is 0 Å². The summed E-state index contributed by atoms with van der Waals surface area (Å²) in [6.45, 7) is 4.08. The van der Waals surface area contributed by atoms with Crippen LogP contribution in [-0.4, -0.2) is 11.1 Å². The summed E-state index contributed by atoms with van der Waals surface area (Å²) in [5.74, 6) is -0.655. The number of carbonyl (C=O) groups is 1. The first-order chi connectivity index (χ1) is 8.59. The third kappa shape index (κ3) is 2.74. The zero-order valence-corrected chi connectivity index (χ0v) is 11.3. The molecule has 1 aliphatic rings. The van der Waals surface area contributed by atoms with E-state index in [1.165, 1.54) is 24.8 Å². The molecule has 0 radical (unpaired) electrons. The van der Waals surface area contributed by atoms with Gasteiger partial charge in [0.15, 0.2) is 0 Å². The van der Waals surface area contributed by atoms with Gasteiger partial charge in [-0.05, 0) is 43.7 Å². The monoisotopic (exact) mass is 246 g/mol. The van der Waals surface area contributed by atoms with Gasteiger partial charge in [0.1, 0.15) is 0 Å². The Hall–Kier alpha value is -1.31. The zero-order valence-electron chi connectivity index (χ0n) is 11.3. The highest BCUT2D eigenvalue weighted by atomic mass is 16.4. The van der Waals surface area contributed by atoms with Gasteiger partial charge in [-0.2, -0.15) is 0 Å². The molecule has 2 heteroatoms. The molecule has 0 heterocycles. The summed E-state index contributed by atoms with van der Waals surface area (Å²) >= 11 is 0. The first-order valence-corrected chi connectivity index (χ1v) is 6.89. The second-order valence-electron chi connectivity index (χ2n) is 5.57. The van der Waals surface area contributed by atoms with Gasteiger partial charge in [0.25, 0.3) is 0 Å². The van der Waals surface area contributed by atoms with Crippen molar-refractivity contribution in [3.63, 3.8) is 0 Å². The van der Waals surface area contributed by atoms with Crippen LogP contribution in [0.1, 0.15) is 54.7 Å². The third-order valence-electron chi connectivity index (χ3n) is 4.15. The number of carboxylic acids is 1. The number of hydrogen-bond acceptors (Lipinski definition) is 1. The van der Waals surface area contributed by atoms with Crippen LogP contribution in [0, 0.1) is 19.8 Å². The second kappa shape index (κ2) is 5.55. The van der Waals surface area contributed by atoms with Crippen molar-refractivity contribution in [3.8, 4) is 0 Å². The van der Waals surface area contributed by atoms with Gasteiger partial charge in [-0.15, -0.1) is 0 Å². The van der Waals surface area contributed by atoms with Crippen LogP contribution >= 0.6 is 0 Å². The Morgan fingerprint density at radius 2 is 1.89 bits per heavy atom. The molecule has 0 aliphatic heterocycles. The topological polar surface area (TPSA) is 37.3 Å². The molecule has 1 unspecified atom stereocenters. The van der Waals surface area contributed by atoms with Crippen molar-refractivity contribution in [1.29, 1.82) is 0 Å². The molecule has 98 valence electrons. The minimum atomic E-state index is -0.658. The molecule has 2 rings (SSSR count). The Labute approximate surface area is 109 Å². The maximum Gasteiger partial charge on any atom is 0.311 e. The lowest BCUT2D eigenvalue weighted by molar-refractivity contribution is -0.140. The molecule has 0 bridgehead atoms. The molecule has 1 saturated carbocycles. The van der Waals surface area contributed by atoms with E-state index < -0.39 is 5.97 Å². The minimum Gasteiger partial charge on any atom is -0.481 e. The number of aryl methyl sites for hydroxylation is 2. The molecule has 1 aromatic rings. The lowest BCUT2D eigenvalue weighted by Gasteiger charge is -2.28. The van der Waals surface area contributed by atoms with E-state index in [-0.39, 0.29) is 5.92 Å². The molecule has 1 aromatic carbocycles. The quantitative estimate of drug-likeness (QED) is 0.873. The van der Waals surface area contributed by atoms with Crippen LogP contribution in [0.3, 0.4) is 0 Å². The van der Waals surface area contributed by atoms with E-state index in [9.17, 15) is 9.90 Å². The molecule has 1 fully saturated rings. The average Bonchev–Trinajstić information content (AvgIpc) is 2.33. The molecular weight excluding hydrogens is 224 g/mol. The normalized spacial score (nSPS) is 18.6. The summed E-state index contributed by atoms with van der Waals surface area (Å²) in [6.07, 6.45) is 5.74. The van der Waals surface area contributed by atoms with E-state index in [2.05, 4.69) is 6.07 Å². The summed E-state index contributed by atoms with van der Waals surface area (Å²) in [5, 5.41) is 9.57. The van der Waals surface area contributed by atoms with Gasteiger partial charge < -0.3 is 5.11 Å². The maximum absolute atomic E-state index is 11.6. The van der Waals surface area contributed by atoms with Gasteiger partial charge in [0.2, 0.25) is 0 Å². The van der Waals surface area contributed by atoms with E-state index in [4.69, 9.17) is 0 Å². The largest absolute Gasteiger partial charge is 0.481 e. The van der Waals surface area contributed by atoms with E-state index in [0.717, 1.165) is 24.0 Å². The highest BCUT2D eigenvalue weighted by molar-refractivity contribution is 5.77. The Morgan fingerprint density at radius 3 is 2.44 bits per heavy atom. The van der Waals surface area contributed by atoms with Gasteiger partial charge >= 0.3 is 5.97 Å². The first kappa shape index (κ1) is 13.1. The van der Waals surface area contributed by atoms with Crippen LogP contribution < -0.4 is 0 Å². The smallest absolute Gasteiger partial charge is 0.311 e. The number of hydrogen-bond donors (Lipinski definition) is 1. The third-order valence-corrected chi connectivity index (χ3v) is 4.15. The number of carboxylic acid groups (broad SMARTS) is 1. The van der Waals surface area contributed by atoms with Gasteiger partial charge in [0, 0.05) is 0 Å². The number of rotatable bonds is 3. The minimum absolute atomic E-state index is 0.314. The van der Waals surface area contributed by atoms with E-state index >= 15 is 0 Å². The highest BCUT2D eigenvalue weighted by Crippen LogP contribution is 2.37. The summed E-state index contributed by atoms with van der Waals surface area (Å²) in [5.41, 5.74) is 3.33. The Morgan fingerprint density at radius 1 is 1.22 bits per heavy atom. The fourth-order valence-electron chi connectivity index (χ4n) is 3.23. The predicted molar refractivity (Wildman–Crippen MR) is 72.9 cm³/mol. The van der Waals surface area contributed by atoms with Crippen LogP contribution in [0.2, 0.25) is 0 Å². The van der Waals surface area contributed by atoms with E-state index in [1.54, 1.807) is 0 Å². The highest BCUT2D eigenvalue weighted by Gasteiger charge is 2.31. The molecule has 1 N–H and O–H groups in total. The fraction of sp³-hybridized carbons (Fsp3) is 0.562. The van der Waals surface area contributed by atoms with Gasteiger partial charge in [-0.3, -0.25) is 4.79 Å². The predicted octanol–water partition coefficient (Wildman–Crippen LogP) is 4.05. The summed E-state index contributed by atoms with van der Waals surface area (Å²) in [4.78, 5) is 11.6. The lowest BCUT2D eigenvalue weighted by Crippen LogP contribution is -2.24. The van der Waals surface area contributed by atoms with Crippen LogP contribution in [0.4, 0.5) is 0 Å². The van der Waals surface area contributed by atoms with Crippen LogP contribution in [-0.2, 0) is 4.79 Å².